The van der Waals surface area contributed by atoms with E-state index in [0.29, 0.717) is 34.1 Å². The quantitative estimate of drug-likeness (QED) is 0.415. The van der Waals surface area contributed by atoms with E-state index >= 15 is 0 Å². The lowest BCUT2D eigenvalue weighted by molar-refractivity contribution is -0.114. The van der Waals surface area contributed by atoms with Gasteiger partial charge in [-0.25, -0.2) is 4.98 Å². The summed E-state index contributed by atoms with van der Waals surface area (Å²) in [6, 6.07) is 19.5. The number of hydrogen-bond acceptors (Lipinski definition) is 5. The number of hydrogen-bond donors (Lipinski definition) is 3. The first-order valence-corrected chi connectivity index (χ1v) is 9.59. The van der Waals surface area contributed by atoms with Crippen LogP contribution in [0, 0.1) is 0 Å². The second-order valence-electron chi connectivity index (χ2n) is 6.96. The first kappa shape index (κ1) is 20.0. The number of rotatable bonds is 5. The van der Waals surface area contributed by atoms with E-state index in [0.717, 1.165) is 5.69 Å². The highest BCUT2D eigenvalue weighted by Gasteiger charge is 2.17. The summed E-state index contributed by atoms with van der Waals surface area (Å²) in [6.07, 6.45) is 1.80. The van der Waals surface area contributed by atoms with Gasteiger partial charge in [0, 0.05) is 35.6 Å². The van der Waals surface area contributed by atoms with Crippen LogP contribution in [-0.2, 0) is 4.79 Å². The predicted octanol–water partition coefficient (Wildman–Crippen LogP) is 4.58. The Bertz CT molecular complexity index is 1250. The van der Waals surface area contributed by atoms with E-state index in [4.69, 9.17) is 9.72 Å². The van der Waals surface area contributed by atoms with Crippen LogP contribution in [0.5, 0.6) is 17.2 Å². The van der Waals surface area contributed by atoms with Crippen LogP contribution in [0.3, 0.4) is 0 Å². The molecule has 31 heavy (non-hydrogen) atoms. The summed E-state index contributed by atoms with van der Waals surface area (Å²) < 4.78 is 7.02. The van der Waals surface area contributed by atoms with Gasteiger partial charge in [-0.3, -0.25) is 9.36 Å². The van der Waals surface area contributed by atoms with Gasteiger partial charge in [-0.1, -0.05) is 18.2 Å². The minimum Gasteiger partial charge on any atom is -0.507 e. The van der Waals surface area contributed by atoms with E-state index in [-0.39, 0.29) is 17.4 Å². The average Bonchev–Trinajstić information content (AvgIpc) is 3.20. The molecule has 1 heterocycles. The number of aromatic hydroxyl groups is 2. The number of para-hydroxylation sites is 1. The Morgan fingerprint density at radius 3 is 2.45 bits per heavy atom. The molecule has 0 saturated heterocycles. The molecule has 156 valence electrons. The van der Waals surface area contributed by atoms with Gasteiger partial charge in [0.05, 0.1) is 12.8 Å². The Balaban J connectivity index is 1.89. The summed E-state index contributed by atoms with van der Waals surface area (Å²) in [4.78, 5) is 16.2. The third-order valence-corrected chi connectivity index (χ3v) is 4.77. The molecule has 0 saturated carbocycles. The molecule has 1 aromatic heterocycles. The van der Waals surface area contributed by atoms with Gasteiger partial charge in [0.25, 0.3) is 0 Å². The van der Waals surface area contributed by atoms with Crippen LogP contribution < -0.4 is 10.1 Å². The number of carbonyl (C=O) groups excluding carboxylic acids is 1. The molecule has 0 fully saturated rings. The van der Waals surface area contributed by atoms with Gasteiger partial charge in [0.2, 0.25) is 5.91 Å². The number of amides is 1. The van der Waals surface area contributed by atoms with Gasteiger partial charge in [0.1, 0.15) is 11.6 Å². The Morgan fingerprint density at radius 2 is 1.77 bits per heavy atom. The van der Waals surface area contributed by atoms with Gasteiger partial charge in [-0.15, -0.1) is 0 Å². The van der Waals surface area contributed by atoms with Gasteiger partial charge in [-0.05, 0) is 48.5 Å². The summed E-state index contributed by atoms with van der Waals surface area (Å²) in [5.74, 6) is 0.766. The first-order chi connectivity index (χ1) is 15.0. The summed E-state index contributed by atoms with van der Waals surface area (Å²) >= 11 is 0. The van der Waals surface area contributed by atoms with Crippen molar-refractivity contribution >= 4 is 11.6 Å². The number of imidazole rings is 1. The number of aromatic nitrogens is 2. The highest BCUT2D eigenvalue weighted by atomic mass is 16.5. The number of anilines is 1. The minimum absolute atomic E-state index is 0.000311. The number of benzene rings is 3. The Labute approximate surface area is 179 Å². The SMILES string of the molecule is COc1ccc(-c2nc(-c3cc(NC(C)=O)ccc3O)cn2-c2ccccc2)cc1O. The number of ether oxygens (including phenoxy) is 1. The topological polar surface area (TPSA) is 96.6 Å². The molecule has 1 amide bonds. The lowest BCUT2D eigenvalue weighted by atomic mass is 10.1. The number of nitrogens with one attached hydrogen (secondary N) is 1. The van der Waals surface area contributed by atoms with Crippen molar-refractivity contribution in [2.24, 2.45) is 0 Å². The van der Waals surface area contributed by atoms with Crippen molar-refractivity contribution in [3.05, 3.63) is 72.9 Å². The number of phenols is 2. The molecule has 7 heteroatoms. The standard InChI is InChI=1S/C24H21N3O4/c1-15(28)25-17-9-10-21(29)19(13-17)20-14-27(18-6-4-3-5-7-18)24(26-20)16-8-11-23(31-2)22(30)12-16/h3-14,29-30H,1-2H3,(H,25,28). The second kappa shape index (κ2) is 8.23. The number of methoxy groups -OCH3 is 1. The second-order valence-corrected chi connectivity index (χ2v) is 6.96. The molecule has 0 aliphatic carbocycles. The molecule has 4 aromatic rings. The summed E-state index contributed by atoms with van der Waals surface area (Å²) in [5, 5.41) is 23.4. The van der Waals surface area contributed by atoms with Gasteiger partial charge >= 0.3 is 0 Å². The van der Waals surface area contributed by atoms with Crippen molar-refractivity contribution in [1.82, 2.24) is 9.55 Å². The largest absolute Gasteiger partial charge is 0.507 e. The van der Waals surface area contributed by atoms with Crippen LogP contribution in [0.15, 0.2) is 72.9 Å². The van der Waals surface area contributed by atoms with E-state index < -0.39 is 0 Å². The molecular weight excluding hydrogens is 394 g/mol. The lowest BCUT2D eigenvalue weighted by Gasteiger charge is -2.09. The van der Waals surface area contributed by atoms with Crippen molar-refractivity contribution in [3.8, 4) is 45.6 Å². The summed E-state index contributed by atoms with van der Waals surface area (Å²) in [7, 11) is 1.49. The fourth-order valence-electron chi connectivity index (χ4n) is 3.35. The number of nitrogens with zero attached hydrogens (tertiary/aromatic N) is 2. The number of phenolic OH excluding ortho intramolecular Hbond substituents is 2. The predicted molar refractivity (Wildman–Crippen MR) is 119 cm³/mol. The summed E-state index contributed by atoms with van der Waals surface area (Å²) in [6.45, 7) is 1.42. The maximum atomic E-state index is 11.4. The minimum atomic E-state index is -0.208. The number of carbonyl (C=O) groups is 1. The van der Waals surface area contributed by atoms with Gasteiger partial charge in [-0.2, -0.15) is 0 Å². The molecule has 0 atom stereocenters. The smallest absolute Gasteiger partial charge is 0.221 e. The summed E-state index contributed by atoms with van der Waals surface area (Å²) in [5.41, 5.74) is 3.08. The molecule has 0 aliphatic rings. The molecule has 3 N–H and O–H groups in total. The van der Waals surface area contributed by atoms with Crippen LogP contribution >= 0.6 is 0 Å². The van der Waals surface area contributed by atoms with Gasteiger partial charge in [0.15, 0.2) is 11.5 Å². The van der Waals surface area contributed by atoms with Crippen molar-refractivity contribution in [2.45, 2.75) is 6.92 Å². The van der Waals surface area contributed by atoms with E-state index in [2.05, 4.69) is 5.32 Å². The van der Waals surface area contributed by atoms with Crippen LogP contribution in [0.4, 0.5) is 5.69 Å². The zero-order chi connectivity index (χ0) is 22.0. The first-order valence-electron chi connectivity index (χ1n) is 9.59. The van der Waals surface area contributed by atoms with Crippen LogP contribution in [0.1, 0.15) is 6.92 Å². The maximum Gasteiger partial charge on any atom is 0.221 e. The Morgan fingerprint density at radius 1 is 1.00 bits per heavy atom. The molecule has 3 aromatic carbocycles. The van der Waals surface area contributed by atoms with E-state index in [1.807, 2.05) is 34.9 Å². The Kier molecular flexibility index (Phi) is 5.32. The third-order valence-electron chi connectivity index (χ3n) is 4.77. The molecule has 0 spiro atoms. The van der Waals surface area contributed by atoms with Crippen molar-refractivity contribution in [1.29, 1.82) is 0 Å². The fraction of sp³-hybridized carbons (Fsp3) is 0.0833. The third kappa shape index (κ3) is 4.06. The monoisotopic (exact) mass is 415 g/mol. The van der Waals surface area contributed by atoms with E-state index in [1.165, 1.54) is 20.1 Å². The zero-order valence-electron chi connectivity index (χ0n) is 17.0. The molecule has 4 rings (SSSR count). The zero-order valence-corrected chi connectivity index (χ0v) is 17.0. The molecule has 0 aliphatic heterocycles. The van der Waals surface area contributed by atoms with Crippen molar-refractivity contribution in [3.63, 3.8) is 0 Å². The lowest BCUT2D eigenvalue weighted by Crippen LogP contribution is -2.05. The average molecular weight is 415 g/mol. The van der Waals surface area contributed by atoms with Crippen LogP contribution in [0.25, 0.3) is 28.3 Å². The molecule has 0 bridgehead atoms. The fourth-order valence-corrected chi connectivity index (χ4v) is 3.35. The molecule has 0 unspecified atom stereocenters. The van der Waals surface area contributed by atoms with Crippen LogP contribution in [-0.4, -0.2) is 32.8 Å². The highest BCUT2D eigenvalue weighted by Crippen LogP contribution is 2.36. The van der Waals surface area contributed by atoms with Crippen molar-refractivity contribution < 1.29 is 19.7 Å². The normalized spacial score (nSPS) is 10.6. The van der Waals surface area contributed by atoms with E-state index in [9.17, 15) is 15.0 Å². The highest BCUT2D eigenvalue weighted by molar-refractivity contribution is 5.90. The van der Waals surface area contributed by atoms with Gasteiger partial charge < -0.3 is 20.3 Å². The molecule has 7 nitrogen and oxygen atoms in total. The van der Waals surface area contributed by atoms with E-state index in [1.54, 1.807) is 36.5 Å². The van der Waals surface area contributed by atoms with Crippen LogP contribution in [0.2, 0.25) is 0 Å². The maximum absolute atomic E-state index is 11.4. The molecule has 0 radical (unpaired) electrons. The van der Waals surface area contributed by atoms with Crippen molar-refractivity contribution in [2.75, 3.05) is 12.4 Å². The Hall–Kier alpha value is -4.26. The molecular formula is C24H21N3O4.